The Labute approximate surface area is 175 Å². The van der Waals surface area contributed by atoms with Crippen LogP contribution in [0.2, 0.25) is 0 Å². The van der Waals surface area contributed by atoms with Crippen molar-refractivity contribution in [3.63, 3.8) is 0 Å². The summed E-state index contributed by atoms with van der Waals surface area (Å²) in [5.41, 5.74) is 2.14. The number of para-hydroxylation sites is 1. The molecule has 0 saturated heterocycles. The lowest BCUT2D eigenvalue weighted by molar-refractivity contribution is -0.111. The first-order valence-electron chi connectivity index (χ1n) is 9.33. The number of nitrogens with zero attached hydrogens (tertiary/aromatic N) is 1. The van der Waals surface area contributed by atoms with Gasteiger partial charge >= 0.3 is 0 Å². The molecule has 0 aliphatic heterocycles. The van der Waals surface area contributed by atoms with Crippen molar-refractivity contribution < 1.29 is 17.9 Å². The Bertz CT molecular complexity index is 1150. The molecule has 3 aromatic rings. The molecule has 156 valence electrons. The number of aromatic nitrogens is 1. The van der Waals surface area contributed by atoms with Crippen LogP contribution in [-0.4, -0.2) is 39.1 Å². The molecule has 2 N–H and O–H groups in total. The summed E-state index contributed by atoms with van der Waals surface area (Å²) in [6.07, 6.45) is 4.83. The zero-order valence-corrected chi connectivity index (χ0v) is 17.5. The third kappa shape index (κ3) is 5.50. The molecule has 1 heterocycles. The van der Waals surface area contributed by atoms with Crippen molar-refractivity contribution in [2.24, 2.45) is 0 Å². The topological polar surface area (TPSA) is 97.4 Å². The number of hydrogen-bond acceptors (Lipinski definition) is 5. The molecular weight excluding hydrogens is 402 g/mol. The van der Waals surface area contributed by atoms with E-state index < -0.39 is 10.0 Å². The van der Waals surface area contributed by atoms with E-state index in [2.05, 4.69) is 15.0 Å². The number of fused-ring (bicyclic) bond motifs is 1. The van der Waals surface area contributed by atoms with Crippen molar-refractivity contribution in [3.8, 4) is 0 Å². The first-order valence-corrected chi connectivity index (χ1v) is 10.8. The van der Waals surface area contributed by atoms with Crippen molar-refractivity contribution in [1.82, 2.24) is 9.71 Å². The maximum Gasteiger partial charge on any atom is 0.248 e. The summed E-state index contributed by atoms with van der Waals surface area (Å²) in [5, 5.41) is 3.71. The van der Waals surface area contributed by atoms with E-state index in [0.29, 0.717) is 5.69 Å². The van der Waals surface area contributed by atoms with Gasteiger partial charge in [0.2, 0.25) is 15.9 Å². The van der Waals surface area contributed by atoms with Gasteiger partial charge in [-0.2, -0.15) is 0 Å². The van der Waals surface area contributed by atoms with E-state index in [1.165, 1.54) is 25.3 Å². The number of pyridine rings is 1. The molecule has 8 heteroatoms. The average Bonchev–Trinajstić information content (AvgIpc) is 2.72. The van der Waals surface area contributed by atoms with Crippen molar-refractivity contribution in [1.29, 1.82) is 0 Å². The number of carbonyl (C=O) groups excluding carboxylic acids is 1. The van der Waals surface area contributed by atoms with Crippen molar-refractivity contribution in [2.45, 2.75) is 17.9 Å². The highest BCUT2D eigenvalue weighted by atomic mass is 32.2. The summed E-state index contributed by atoms with van der Waals surface area (Å²) in [4.78, 5) is 16.7. The van der Waals surface area contributed by atoms with Gasteiger partial charge in [-0.25, -0.2) is 13.1 Å². The van der Waals surface area contributed by atoms with Gasteiger partial charge in [0.15, 0.2) is 0 Å². The van der Waals surface area contributed by atoms with Gasteiger partial charge in [-0.05, 0) is 43.3 Å². The van der Waals surface area contributed by atoms with Crippen LogP contribution in [0.3, 0.4) is 0 Å². The minimum atomic E-state index is -3.66. The maximum atomic E-state index is 12.3. The fourth-order valence-electron chi connectivity index (χ4n) is 2.95. The Morgan fingerprint density at radius 1 is 1.13 bits per heavy atom. The number of sulfonamides is 1. The van der Waals surface area contributed by atoms with E-state index in [-0.39, 0.29) is 23.5 Å². The number of methoxy groups -OCH3 is 1. The van der Waals surface area contributed by atoms with E-state index in [9.17, 15) is 13.2 Å². The molecule has 0 saturated carbocycles. The molecule has 30 heavy (non-hydrogen) atoms. The fourth-order valence-corrected chi connectivity index (χ4v) is 4.17. The standard InChI is InChI=1S/C22H23N3O4S/c1-16(15-29-2)25-30(27,28)20-11-9-19(10-12-20)24-21(26)13-8-18-6-3-5-17-7-4-14-23-22(17)18/h3-14,16,25H,15H2,1-2H3,(H,24,26)/b13-8+. The quantitative estimate of drug-likeness (QED) is 0.540. The van der Waals surface area contributed by atoms with Gasteiger partial charge < -0.3 is 10.1 Å². The van der Waals surface area contributed by atoms with Crippen LogP contribution in [0.4, 0.5) is 5.69 Å². The van der Waals surface area contributed by atoms with E-state index in [0.717, 1.165) is 16.5 Å². The van der Waals surface area contributed by atoms with Crippen LogP contribution >= 0.6 is 0 Å². The molecule has 0 radical (unpaired) electrons. The Morgan fingerprint density at radius 2 is 1.87 bits per heavy atom. The smallest absolute Gasteiger partial charge is 0.248 e. The molecule has 3 rings (SSSR count). The average molecular weight is 426 g/mol. The van der Waals surface area contributed by atoms with Gasteiger partial charge in [-0.15, -0.1) is 0 Å². The van der Waals surface area contributed by atoms with Gasteiger partial charge in [0.05, 0.1) is 17.0 Å². The Balaban J connectivity index is 1.66. The van der Waals surface area contributed by atoms with E-state index >= 15 is 0 Å². The lowest BCUT2D eigenvalue weighted by Crippen LogP contribution is -2.35. The second-order valence-electron chi connectivity index (χ2n) is 6.75. The molecule has 1 unspecified atom stereocenters. The highest BCUT2D eigenvalue weighted by molar-refractivity contribution is 7.89. The molecular formula is C22H23N3O4S. The number of carbonyl (C=O) groups is 1. The van der Waals surface area contributed by atoms with Crippen molar-refractivity contribution in [3.05, 3.63) is 72.4 Å². The SMILES string of the molecule is COCC(C)NS(=O)(=O)c1ccc(NC(=O)/C=C/c2cccc3cccnc23)cc1. The normalized spacial score (nSPS) is 12.9. The third-order valence-electron chi connectivity index (χ3n) is 4.28. The number of ether oxygens (including phenoxy) is 1. The zero-order chi connectivity index (χ0) is 21.6. The van der Waals surface area contributed by atoms with Crippen molar-refractivity contribution >= 4 is 38.6 Å². The van der Waals surface area contributed by atoms with Crippen LogP contribution in [0.25, 0.3) is 17.0 Å². The number of amides is 1. The first-order chi connectivity index (χ1) is 14.4. The second kappa shape index (κ2) is 9.62. The van der Waals surface area contributed by atoms with Crippen LogP contribution < -0.4 is 10.0 Å². The number of benzene rings is 2. The molecule has 0 aliphatic carbocycles. The summed E-state index contributed by atoms with van der Waals surface area (Å²) in [6, 6.07) is 15.2. The molecule has 1 aromatic heterocycles. The van der Waals surface area contributed by atoms with E-state index in [4.69, 9.17) is 4.74 Å². The minimum Gasteiger partial charge on any atom is -0.383 e. The number of nitrogens with one attached hydrogen (secondary N) is 2. The zero-order valence-electron chi connectivity index (χ0n) is 16.7. The van der Waals surface area contributed by atoms with E-state index in [1.807, 2.05) is 30.3 Å². The maximum absolute atomic E-state index is 12.3. The number of hydrogen-bond donors (Lipinski definition) is 2. The molecule has 0 fully saturated rings. The van der Waals surface area contributed by atoms with Crippen LogP contribution in [0.1, 0.15) is 12.5 Å². The molecule has 2 aromatic carbocycles. The van der Waals surface area contributed by atoms with Gasteiger partial charge in [-0.3, -0.25) is 9.78 Å². The van der Waals surface area contributed by atoms with Gasteiger partial charge in [0, 0.05) is 42.1 Å². The van der Waals surface area contributed by atoms with Gasteiger partial charge in [-0.1, -0.05) is 24.3 Å². The summed E-state index contributed by atoms with van der Waals surface area (Å²) < 4.78 is 32.2. The highest BCUT2D eigenvalue weighted by Crippen LogP contribution is 2.18. The van der Waals surface area contributed by atoms with Gasteiger partial charge in [0.1, 0.15) is 0 Å². The Kier molecular flexibility index (Phi) is 6.94. The highest BCUT2D eigenvalue weighted by Gasteiger charge is 2.17. The molecule has 1 amide bonds. The summed E-state index contributed by atoms with van der Waals surface area (Å²) in [5.74, 6) is -0.328. The summed E-state index contributed by atoms with van der Waals surface area (Å²) in [7, 11) is -2.15. The van der Waals surface area contributed by atoms with Crippen LogP contribution in [-0.2, 0) is 19.6 Å². The first kappa shape index (κ1) is 21.6. The van der Waals surface area contributed by atoms with Crippen LogP contribution in [0, 0.1) is 0 Å². The molecule has 7 nitrogen and oxygen atoms in total. The predicted octanol–water partition coefficient (Wildman–Crippen LogP) is 3.20. The Morgan fingerprint density at radius 3 is 2.60 bits per heavy atom. The predicted molar refractivity (Wildman–Crippen MR) is 118 cm³/mol. The molecule has 0 spiro atoms. The molecule has 0 aliphatic rings. The third-order valence-corrected chi connectivity index (χ3v) is 5.89. The van der Waals surface area contributed by atoms with Gasteiger partial charge in [0.25, 0.3) is 0 Å². The summed E-state index contributed by atoms with van der Waals surface area (Å²) >= 11 is 0. The molecule has 1 atom stereocenters. The molecule has 0 bridgehead atoms. The second-order valence-corrected chi connectivity index (χ2v) is 8.46. The Hall–Kier alpha value is -3.07. The van der Waals surface area contributed by atoms with Crippen LogP contribution in [0.5, 0.6) is 0 Å². The summed E-state index contributed by atoms with van der Waals surface area (Å²) in [6.45, 7) is 1.99. The monoisotopic (exact) mass is 425 g/mol. The van der Waals surface area contributed by atoms with E-state index in [1.54, 1.807) is 31.3 Å². The number of rotatable bonds is 8. The largest absolute Gasteiger partial charge is 0.383 e. The lowest BCUT2D eigenvalue weighted by Gasteiger charge is -2.13. The fraction of sp³-hybridized carbons (Fsp3) is 0.182. The number of anilines is 1. The lowest BCUT2D eigenvalue weighted by atomic mass is 10.1. The van der Waals surface area contributed by atoms with Crippen molar-refractivity contribution in [2.75, 3.05) is 19.0 Å². The minimum absolute atomic E-state index is 0.112. The van der Waals surface area contributed by atoms with Crippen LogP contribution in [0.15, 0.2) is 71.8 Å².